The van der Waals surface area contributed by atoms with Gasteiger partial charge < -0.3 is 5.32 Å². The molecule has 6 nitrogen and oxygen atoms in total. The van der Waals surface area contributed by atoms with Gasteiger partial charge in [0.05, 0.1) is 27.9 Å². The van der Waals surface area contributed by atoms with E-state index in [4.69, 9.17) is 11.6 Å². The van der Waals surface area contributed by atoms with E-state index in [-0.39, 0.29) is 34.0 Å². The molecule has 2 unspecified atom stereocenters. The van der Waals surface area contributed by atoms with Gasteiger partial charge in [-0.2, -0.15) is 0 Å². The molecule has 2 rings (SSSR count). The lowest BCUT2D eigenvalue weighted by Gasteiger charge is -2.17. The third kappa shape index (κ3) is 3.50. The van der Waals surface area contributed by atoms with Crippen LogP contribution in [0.25, 0.3) is 0 Å². The zero-order valence-corrected chi connectivity index (χ0v) is 14.7. The molecule has 0 aromatic heterocycles. The van der Waals surface area contributed by atoms with Crippen molar-refractivity contribution in [2.24, 2.45) is 5.92 Å². The van der Waals surface area contributed by atoms with Crippen molar-refractivity contribution in [3.8, 4) is 0 Å². The highest BCUT2D eigenvalue weighted by molar-refractivity contribution is 7.94. The van der Waals surface area contributed by atoms with Crippen molar-refractivity contribution in [3.63, 3.8) is 0 Å². The number of hydrogen-bond donors (Lipinski definition) is 1. The molecule has 1 aromatic rings. The predicted molar refractivity (Wildman–Crippen MR) is 89.1 cm³/mol. The Balaban J connectivity index is 2.33. The van der Waals surface area contributed by atoms with Gasteiger partial charge in [0.2, 0.25) is 15.9 Å². The topological polar surface area (TPSA) is 83.6 Å². The molecule has 0 bridgehead atoms. The standard InChI is InChI=1S/C15H19ClN2O4S/c1-4-10(3)17-14(19)12-6-5-11(7-13(12)16)18-15(20)9(2)8-23(18,21)22/h5-7,9-10H,4,8H2,1-3H3,(H,17,19). The Morgan fingerprint density at radius 3 is 2.61 bits per heavy atom. The summed E-state index contributed by atoms with van der Waals surface area (Å²) >= 11 is 6.11. The monoisotopic (exact) mass is 358 g/mol. The molecule has 1 saturated heterocycles. The van der Waals surface area contributed by atoms with E-state index in [1.54, 1.807) is 6.92 Å². The number of amides is 2. The summed E-state index contributed by atoms with van der Waals surface area (Å²) in [6.45, 7) is 5.38. The van der Waals surface area contributed by atoms with Crippen molar-refractivity contribution in [3.05, 3.63) is 28.8 Å². The number of nitrogens with zero attached hydrogens (tertiary/aromatic N) is 1. The second kappa shape index (κ2) is 6.49. The Morgan fingerprint density at radius 2 is 2.13 bits per heavy atom. The smallest absolute Gasteiger partial charge is 0.253 e. The van der Waals surface area contributed by atoms with Gasteiger partial charge in [0.15, 0.2) is 0 Å². The van der Waals surface area contributed by atoms with Crippen LogP contribution in [0.3, 0.4) is 0 Å². The van der Waals surface area contributed by atoms with Gasteiger partial charge in [0, 0.05) is 6.04 Å². The summed E-state index contributed by atoms with van der Waals surface area (Å²) < 4.78 is 24.9. The molecule has 1 aromatic carbocycles. The quantitative estimate of drug-likeness (QED) is 0.894. The molecule has 0 spiro atoms. The molecule has 1 N–H and O–H groups in total. The van der Waals surface area contributed by atoms with Crippen LogP contribution < -0.4 is 9.62 Å². The van der Waals surface area contributed by atoms with E-state index in [1.165, 1.54) is 18.2 Å². The summed E-state index contributed by atoms with van der Waals surface area (Å²) in [6, 6.07) is 4.19. The van der Waals surface area contributed by atoms with Crippen molar-refractivity contribution in [1.29, 1.82) is 0 Å². The minimum Gasteiger partial charge on any atom is -0.350 e. The van der Waals surface area contributed by atoms with Gasteiger partial charge in [-0.1, -0.05) is 25.4 Å². The molecule has 0 saturated carbocycles. The Morgan fingerprint density at radius 1 is 1.48 bits per heavy atom. The fourth-order valence-electron chi connectivity index (χ4n) is 2.30. The first-order valence-corrected chi connectivity index (χ1v) is 9.33. The summed E-state index contributed by atoms with van der Waals surface area (Å²) in [6.07, 6.45) is 0.778. The summed E-state index contributed by atoms with van der Waals surface area (Å²) in [7, 11) is -3.69. The average Bonchev–Trinajstić information content (AvgIpc) is 2.66. The van der Waals surface area contributed by atoms with Crippen LogP contribution in [0.15, 0.2) is 18.2 Å². The number of nitrogens with one attached hydrogen (secondary N) is 1. The molecular weight excluding hydrogens is 340 g/mol. The third-order valence-corrected chi connectivity index (χ3v) is 5.96. The van der Waals surface area contributed by atoms with Crippen LogP contribution in [-0.2, 0) is 14.8 Å². The summed E-state index contributed by atoms with van der Waals surface area (Å²) in [5.41, 5.74) is 0.400. The first kappa shape index (κ1) is 17.7. The maximum absolute atomic E-state index is 12.1. The number of anilines is 1. The predicted octanol–water partition coefficient (Wildman–Crippen LogP) is 2.18. The van der Waals surface area contributed by atoms with Gasteiger partial charge in [-0.15, -0.1) is 0 Å². The highest BCUT2D eigenvalue weighted by Gasteiger charge is 2.42. The number of hydrogen-bond acceptors (Lipinski definition) is 4. The van der Waals surface area contributed by atoms with Crippen LogP contribution in [0.5, 0.6) is 0 Å². The van der Waals surface area contributed by atoms with Crippen LogP contribution in [0.1, 0.15) is 37.6 Å². The molecule has 1 heterocycles. The van der Waals surface area contributed by atoms with E-state index < -0.39 is 21.8 Å². The maximum Gasteiger partial charge on any atom is 0.253 e. The van der Waals surface area contributed by atoms with Crippen LogP contribution in [0.4, 0.5) is 5.69 Å². The summed E-state index contributed by atoms with van der Waals surface area (Å²) in [4.78, 5) is 24.2. The first-order valence-electron chi connectivity index (χ1n) is 7.34. The molecule has 0 radical (unpaired) electrons. The number of sulfonamides is 1. The fourth-order valence-corrected chi connectivity index (χ4v) is 4.38. The largest absolute Gasteiger partial charge is 0.350 e. The lowest BCUT2D eigenvalue weighted by Crippen LogP contribution is -2.32. The van der Waals surface area contributed by atoms with Gasteiger partial charge in [-0.3, -0.25) is 9.59 Å². The Labute approximate surface area is 140 Å². The maximum atomic E-state index is 12.1. The van der Waals surface area contributed by atoms with Crippen LogP contribution in [0.2, 0.25) is 5.02 Å². The molecular formula is C15H19ClN2O4S. The highest BCUT2D eigenvalue weighted by Crippen LogP contribution is 2.31. The zero-order valence-electron chi connectivity index (χ0n) is 13.2. The fraction of sp³-hybridized carbons (Fsp3) is 0.467. The number of carbonyl (C=O) groups excluding carboxylic acids is 2. The summed E-state index contributed by atoms with van der Waals surface area (Å²) in [5.74, 6) is -1.63. The van der Waals surface area contributed by atoms with E-state index in [9.17, 15) is 18.0 Å². The number of halogens is 1. The van der Waals surface area contributed by atoms with E-state index in [2.05, 4.69) is 5.32 Å². The number of rotatable bonds is 4. The van der Waals surface area contributed by atoms with Gasteiger partial charge in [0.1, 0.15) is 0 Å². The van der Waals surface area contributed by atoms with Crippen molar-refractivity contribution in [2.45, 2.75) is 33.2 Å². The van der Waals surface area contributed by atoms with Crippen molar-refractivity contribution < 1.29 is 18.0 Å². The Bertz CT molecular complexity index is 748. The minimum absolute atomic E-state index is 0.000342. The molecule has 1 fully saturated rings. The molecule has 23 heavy (non-hydrogen) atoms. The lowest BCUT2D eigenvalue weighted by molar-refractivity contribution is -0.119. The van der Waals surface area contributed by atoms with Crippen molar-refractivity contribution in [2.75, 3.05) is 10.1 Å². The van der Waals surface area contributed by atoms with Crippen LogP contribution in [0, 0.1) is 5.92 Å². The third-order valence-electron chi connectivity index (χ3n) is 3.78. The Hall–Kier alpha value is -1.60. The molecule has 2 atom stereocenters. The van der Waals surface area contributed by atoms with Crippen molar-refractivity contribution >= 4 is 39.1 Å². The molecule has 1 aliphatic heterocycles. The average molecular weight is 359 g/mol. The van der Waals surface area contributed by atoms with E-state index >= 15 is 0 Å². The van der Waals surface area contributed by atoms with Gasteiger partial charge in [-0.25, -0.2) is 12.7 Å². The van der Waals surface area contributed by atoms with Crippen molar-refractivity contribution in [1.82, 2.24) is 5.32 Å². The highest BCUT2D eigenvalue weighted by atomic mass is 35.5. The van der Waals surface area contributed by atoms with E-state index in [0.29, 0.717) is 0 Å². The number of benzene rings is 1. The van der Waals surface area contributed by atoms with Gasteiger partial charge in [0.25, 0.3) is 5.91 Å². The molecule has 126 valence electrons. The molecule has 0 aliphatic carbocycles. The second-order valence-corrected chi connectivity index (χ2v) is 8.00. The SMILES string of the molecule is CCC(C)NC(=O)c1ccc(N2C(=O)C(C)CS2(=O)=O)cc1Cl. The number of carbonyl (C=O) groups is 2. The molecule has 1 aliphatic rings. The summed E-state index contributed by atoms with van der Waals surface area (Å²) in [5, 5.41) is 2.89. The van der Waals surface area contributed by atoms with Crippen LogP contribution >= 0.6 is 11.6 Å². The second-order valence-electron chi connectivity index (χ2n) is 5.73. The minimum atomic E-state index is -3.69. The van der Waals surface area contributed by atoms with Crippen LogP contribution in [-0.4, -0.2) is 32.0 Å². The molecule has 8 heteroatoms. The first-order chi connectivity index (χ1) is 10.7. The normalized spacial score (nSPS) is 21.3. The molecule has 2 amide bonds. The van der Waals surface area contributed by atoms with E-state index in [1.807, 2.05) is 13.8 Å². The van der Waals surface area contributed by atoms with E-state index in [0.717, 1.165) is 10.7 Å². The van der Waals surface area contributed by atoms with Gasteiger partial charge in [-0.05, 0) is 31.5 Å². The van der Waals surface area contributed by atoms with Gasteiger partial charge >= 0.3 is 0 Å². The zero-order chi connectivity index (χ0) is 17.4. The Kier molecular flexibility index (Phi) is 5.01. The lowest BCUT2D eigenvalue weighted by atomic mass is 10.1.